The standard InChI is InChI=1S/C11H13F3N2O2S/c1-7-6-8(2-3-9(7)15)19(17,18)16-10(4-5-10)11(12,13)14/h2-3,6,16H,4-5,15H2,1H3. The van der Waals surface area contributed by atoms with Gasteiger partial charge in [0, 0.05) is 5.69 Å². The molecule has 1 aliphatic carbocycles. The van der Waals surface area contributed by atoms with Crippen molar-refractivity contribution in [2.75, 3.05) is 5.73 Å². The Bertz CT molecular complexity index is 607. The van der Waals surface area contributed by atoms with E-state index in [1.54, 1.807) is 11.6 Å². The summed E-state index contributed by atoms with van der Waals surface area (Å²) in [5.41, 5.74) is 4.13. The maximum Gasteiger partial charge on any atom is 0.407 e. The lowest BCUT2D eigenvalue weighted by Gasteiger charge is -2.20. The highest BCUT2D eigenvalue weighted by Gasteiger charge is 2.65. The molecule has 8 heteroatoms. The minimum atomic E-state index is -4.58. The molecule has 0 bridgehead atoms. The summed E-state index contributed by atoms with van der Waals surface area (Å²) in [5.74, 6) is 0. The maximum atomic E-state index is 12.7. The molecule has 0 atom stereocenters. The van der Waals surface area contributed by atoms with Gasteiger partial charge in [0.1, 0.15) is 5.54 Å². The Labute approximate surface area is 108 Å². The van der Waals surface area contributed by atoms with Crippen LogP contribution in [-0.4, -0.2) is 20.1 Å². The summed E-state index contributed by atoms with van der Waals surface area (Å²) >= 11 is 0. The molecule has 1 aliphatic rings. The fourth-order valence-corrected chi connectivity index (χ4v) is 3.23. The molecule has 106 valence electrons. The van der Waals surface area contributed by atoms with Gasteiger partial charge >= 0.3 is 6.18 Å². The second-order valence-corrected chi connectivity index (χ2v) is 6.39. The number of hydrogen-bond acceptors (Lipinski definition) is 3. The first-order valence-corrected chi connectivity index (χ1v) is 7.03. The highest BCUT2D eigenvalue weighted by molar-refractivity contribution is 7.89. The summed E-state index contributed by atoms with van der Waals surface area (Å²) in [4.78, 5) is -0.213. The number of anilines is 1. The van der Waals surface area contributed by atoms with Gasteiger partial charge in [-0.05, 0) is 43.5 Å². The minimum Gasteiger partial charge on any atom is -0.399 e. The number of alkyl halides is 3. The third kappa shape index (κ3) is 2.55. The lowest BCUT2D eigenvalue weighted by molar-refractivity contribution is -0.160. The van der Waals surface area contributed by atoms with E-state index in [2.05, 4.69) is 0 Å². The van der Waals surface area contributed by atoms with Crippen LogP contribution in [-0.2, 0) is 10.0 Å². The Morgan fingerprint density at radius 3 is 2.32 bits per heavy atom. The molecule has 0 saturated heterocycles. The van der Waals surface area contributed by atoms with Crippen molar-refractivity contribution in [1.29, 1.82) is 0 Å². The minimum absolute atomic E-state index is 0.213. The van der Waals surface area contributed by atoms with Gasteiger partial charge in [-0.2, -0.15) is 17.9 Å². The summed E-state index contributed by atoms with van der Waals surface area (Å²) in [6.07, 6.45) is -5.05. The Balaban J connectivity index is 2.31. The fraction of sp³-hybridized carbons (Fsp3) is 0.455. The second-order valence-electron chi connectivity index (χ2n) is 4.70. The average molecular weight is 294 g/mol. The van der Waals surface area contributed by atoms with Gasteiger partial charge in [-0.25, -0.2) is 8.42 Å². The molecule has 0 radical (unpaired) electrons. The van der Waals surface area contributed by atoms with Crippen molar-refractivity contribution < 1.29 is 21.6 Å². The Morgan fingerprint density at radius 2 is 1.89 bits per heavy atom. The van der Waals surface area contributed by atoms with Crippen molar-refractivity contribution in [3.63, 3.8) is 0 Å². The summed E-state index contributed by atoms with van der Waals surface area (Å²) in [5, 5.41) is 0. The number of halogens is 3. The van der Waals surface area contributed by atoms with E-state index >= 15 is 0 Å². The average Bonchev–Trinajstić information content (AvgIpc) is 3.01. The first-order valence-electron chi connectivity index (χ1n) is 5.54. The lowest BCUT2D eigenvalue weighted by Crippen LogP contribution is -2.47. The molecular formula is C11H13F3N2O2S. The van der Waals surface area contributed by atoms with Gasteiger partial charge < -0.3 is 5.73 Å². The van der Waals surface area contributed by atoms with Crippen molar-refractivity contribution in [3.8, 4) is 0 Å². The van der Waals surface area contributed by atoms with Gasteiger partial charge in [-0.15, -0.1) is 0 Å². The Morgan fingerprint density at radius 1 is 1.32 bits per heavy atom. The van der Waals surface area contributed by atoms with Crippen LogP contribution in [0.1, 0.15) is 18.4 Å². The number of nitrogens with two attached hydrogens (primary N) is 1. The van der Waals surface area contributed by atoms with Crippen LogP contribution in [0, 0.1) is 6.92 Å². The Hall–Kier alpha value is -1.28. The fourth-order valence-electron chi connectivity index (χ4n) is 1.70. The SMILES string of the molecule is Cc1cc(S(=O)(=O)NC2(C(F)(F)F)CC2)ccc1N. The second kappa shape index (κ2) is 4.11. The van der Waals surface area contributed by atoms with E-state index in [1.807, 2.05) is 0 Å². The lowest BCUT2D eigenvalue weighted by atomic mass is 10.2. The van der Waals surface area contributed by atoms with Crippen LogP contribution in [0.25, 0.3) is 0 Å². The maximum absolute atomic E-state index is 12.7. The van der Waals surface area contributed by atoms with Crippen molar-refractivity contribution in [2.24, 2.45) is 0 Å². The number of aryl methyl sites for hydroxylation is 1. The molecule has 3 N–H and O–H groups in total. The highest BCUT2D eigenvalue weighted by atomic mass is 32.2. The molecule has 0 heterocycles. The smallest absolute Gasteiger partial charge is 0.399 e. The third-order valence-corrected chi connectivity index (χ3v) is 4.71. The molecule has 1 saturated carbocycles. The monoisotopic (exact) mass is 294 g/mol. The molecule has 4 nitrogen and oxygen atoms in total. The molecule has 0 aromatic heterocycles. The van der Waals surface area contributed by atoms with E-state index < -0.39 is 21.7 Å². The van der Waals surface area contributed by atoms with Gasteiger partial charge in [0.2, 0.25) is 10.0 Å². The summed E-state index contributed by atoms with van der Waals surface area (Å²) in [6.45, 7) is 1.59. The molecule has 2 rings (SSSR count). The number of benzene rings is 1. The van der Waals surface area contributed by atoms with Gasteiger partial charge in [0.05, 0.1) is 4.90 Å². The molecular weight excluding hydrogens is 281 g/mol. The van der Waals surface area contributed by atoms with Gasteiger partial charge in [-0.1, -0.05) is 0 Å². The molecule has 1 fully saturated rings. The van der Waals surface area contributed by atoms with Gasteiger partial charge in [0.15, 0.2) is 0 Å². The van der Waals surface area contributed by atoms with Crippen molar-refractivity contribution in [2.45, 2.75) is 36.4 Å². The van der Waals surface area contributed by atoms with Crippen molar-refractivity contribution >= 4 is 15.7 Å². The van der Waals surface area contributed by atoms with Gasteiger partial charge in [-0.3, -0.25) is 0 Å². The van der Waals surface area contributed by atoms with Crippen LogP contribution in [0.5, 0.6) is 0 Å². The zero-order valence-corrected chi connectivity index (χ0v) is 10.9. The van der Waals surface area contributed by atoms with E-state index in [4.69, 9.17) is 5.73 Å². The molecule has 0 amide bonds. The van der Waals surface area contributed by atoms with Gasteiger partial charge in [0.25, 0.3) is 0 Å². The zero-order chi connectivity index (χ0) is 14.5. The number of rotatable bonds is 3. The largest absolute Gasteiger partial charge is 0.407 e. The van der Waals surface area contributed by atoms with E-state index in [-0.39, 0.29) is 17.7 Å². The molecule has 1 aromatic rings. The number of nitrogens with one attached hydrogen (secondary N) is 1. The predicted molar refractivity (Wildman–Crippen MR) is 63.9 cm³/mol. The first kappa shape index (κ1) is 14.1. The molecule has 1 aromatic carbocycles. The number of nitrogen functional groups attached to an aromatic ring is 1. The summed E-state index contributed by atoms with van der Waals surface area (Å²) < 4.78 is 63.9. The predicted octanol–water partition coefficient (Wildman–Crippen LogP) is 1.95. The normalized spacial score (nSPS) is 18.3. The molecule has 0 aliphatic heterocycles. The van der Waals surface area contributed by atoms with Crippen molar-refractivity contribution in [1.82, 2.24) is 4.72 Å². The first-order chi connectivity index (χ1) is 8.57. The third-order valence-electron chi connectivity index (χ3n) is 3.17. The van der Waals surface area contributed by atoms with Crippen LogP contribution < -0.4 is 10.5 Å². The topological polar surface area (TPSA) is 72.2 Å². The molecule has 19 heavy (non-hydrogen) atoms. The van der Waals surface area contributed by atoms with Crippen LogP contribution in [0.3, 0.4) is 0 Å². The quantitative estimate of drug-likeness (QED) is 0.837. The number of sulfonamides is 1. The number of hydrogen-bond donors (Lipinski definition) is 2. The summed E-state index contributed by atoms with van der Waals surface area (Å²) in [7, 11) is -4.20. The summed E-state index contributed by atoms with van der Waals surface area (Å²) in [6, 6.07) is 3.80. The van der Waals surface area contributed by atoms with Crippen LogP contribution in [0.15, 0.2) is 23.1 Å². The Kier molecular flexibility index (Phi) is 3.06. The van der Waals surface area contributed by atoms with E-state index in [1.165, 1.54) is 18.2 Å². The van der Waals surface area contributed by atoms with E-state index in [0.717, 1.165) is 0 Å². The van der Waals surface area contributed by atoms with E-state index in [9.17, 15) is 21.6 Å². The van der Waals surface area contributed by atoms with Crippen LogP contribution in [0.2, 0.25) is 0 Å². The zero-order valence-electron chi connectivity index (χ0n) is 10.1. The highest BCUT2D eigenvalue weighted by Crippen LogP contribution is 2.49. The van der Waals surface area contributed by atoms with Crippen LogP contribution >= 0.6 is 0 Å². The van der Waals surface area contributed by atoms with E-state index in [0.29, 0.717) is 11.3 Å². The van der Waals surface area contributed by atoms with Crippen LogP contribution in [0.4, 0.5) is 18.9 Å². The molecule has 0 spiro atoms. The van der Waals surface area contributed by atoms with Crippen molar-refractivity contribution in [3.05, 3.63) is 23.8 Å². The molecule has 0 unspecified atom stereocenters.